The second-order valence-electron chi connectivity index (χ2n) is 3.89. The number of benzene rings is 1. The molecule has 0 aliphatic rings. The molecule has 3 aromatic rings. The van der Waals surface area contributed by atoms with E-state index in [-0.39, 0.29) is 0 Å². The zero-order chi connectivity index (χ0) is 13.6. The van der Waals surface area contributed by atoms with Gasteiger partial charge in [-0.15, -0.1) is 0 Å². The average Bonchev–Trinajstić information content (AvgIpc) is 2.89. The molecule has 3 rings (SSSR count). The van der Waals surface area contributed by atoms with E-state index in [2.05, 4.69) is 10.1 Å². The van der Waals surface area contributed by atoms with Crippen LogP contribution < -0.4 is 0 Å². The summed E-state index contributed by atoms with van der Waals surface area (Å²) in [5.41, 5.74) is 1.40. The maximum Gasteiger partial charge on any atom is 0.213 e. The van der Waals surface area contributed by atoms with E-state index in [0.717, 1.165) is 12.1 Å². The van der Waals surface area contributed by atoms with Crippen molar-refractivity contribution in [3.8, 4) is 16.6 Å². The molecule has 0 amide bonds. The number of hydrogen-bond donors (Lipinski definition) is 0. The van der Waals surface area contributed by atoms with Gasteiger partial charge in [0.2, 0.25) is 4.96 Å². The normalized spacial score (nSPS) is 10.8. The van der Waals surface area contributed by atoms with Crippen molar-refractivity contribution in [2.45, 2.75) is 6.92 Å². The number of nitriles is 1. The number of imidazole rings is 1. The largest absolute Gasteiger partial charge is 0.221 e. The molecule has 0 unspecified atom stereocenters. The zero-order valence-electron chi connectivity index (χ0n) is 9.69. The van der Waals surface area contributed by atoms with Crippen molar-refractivity contribution >= 4 is 16.3 Å². The number of aryl methyl sites for hydroxylation is 1. The van der Waals surface area contributed by atoms with Gasteiger partial charge in [0.1, 0.15) is 11.1 Å². The topological polar surface area (TPSA) is 54.0 Å². The van der Waals surface area contributed by atoms with Gasteiger partial charge in [0, 0.05) is 5.56 Å². The van der Waals surface area contributed by atoms with Gasteiger partial charge in [0.25, 0.3) is 0 Å². The molecule has 0 saturated heterocycles. The molecule has 0 N–H and O–H groups in total. The molecule has 0 atom stereocenters. The van der Waals surface area contributed by atoms with Crippen molar-refractivity contribution in [3.05, 3.63) is 41.2 Å². The molecule has 4 nitrogen and oxygen atoms in total. The lowest BCUT2D eigenvalue weighted by molar-refractivity contribution is 0.509. The summed E-state index contributed by atoms with van der Waals surface area (Å²) in [6, 6.07) is 5.58. The van der Waals surface area contributed by atoms with Crippen LogP contribution >= 0.6 is 11.3 Å². The first-order chi connectivity index (χ1) is 9.10. The van der Waals surface area contributed by atoms with E-state index in [9.17, 15) is 8.78 Å². The third-order valence-corrected chi connectivity index (χ3v) is 3.61. The Morgan fingerprint density at radius 2 is 2.11 bits per heavy atom. The first kappa shape index (κ1) is 11.7. The van der Waals surface area contributed by atoms with Crippen LogP contribution in [-0.4, -0.2) is 14.6 Å². The van der Waals surface area contributed by atoms with E-state index in [1.807, 2.05) is 6.07 Å². The van der Waals surface area contributed by atoms with Gasteiger partial charge in [-0.1, -0.05) is 11.3 Å². The fourth-order valence-electron chi connectivity index (χ4n) is 1.72. The number of rotatable bonds is 1. The maximum atomic E-state index is 13.2. The third-order valence-electron chi connectivity index (χ3n) is 2.65. The summed E-state index contributed by atoms with van der Waals surface area (Å²) >= 11 is 1.22. The highest BCUT2D eigenvalue weighted by Crippen LogP contribution is 2.27. The summed E-state index contributed by atoms with van der Waals surface area (Å²) in [4.78, 5) is 4.75. The van der Waals surface area contributed by atoms with Crippen LogP contribution in [0.5, 0.6) is 0 Å². The minimum atomic E-state index is -0.929. The zero-order valence-corrected chi connectivity index (χ0v) is 10.5. The Morgan fingerprint density at radius 3 is 2.79 bits per heavy atom. The fraction of sp³-hybridized carbons (Fsp3) is 0.0833. The Bertz CT molecular complexity index is 828. The molecule has 7 heteroatoms. The molecule has 94 valence electrons. The summed E-state index contributed by atoms with van der Waals surface area (Å²) in [5.74, 6) is -1.83. The molecule has 1 aromatic carbocycles. The van der Waals surface area contributed by atoms with Crippen molar-refractivity contribution in [1.29, 1.82) is 5.26 Å². The Labute approximate surface area is 110 Å². The summed E-state index contributed by atoms with van der Waals surface area (Å²) in [5, 5.41) is 13.7. The van der Waals surface area contributed by atoms with Crippen LogP contribution in [0.2, 0.25) is 0 Å². The minimum Gasteiger partial charge on any atom is -0.221 e. The molecule has 0 radical (unpaired) electrons. The fourth-order valence-corrected chi connectivity index (χ4v) is 2.66. The van der Waals surface area contributed by atoms with Crippen LogP contribution in [0.3, 0.4) is 0 Å². The smallest absolute Gasteiger partial charge is 0.213 e. The van der Waals surface area contributed by atoms with Gasteiger partial charge >= 0.3 is 0 Å². The lowest BCUT2D eigenvalue weighted by Crippen LogP contribution is -1.91. The quantitative estimate of drug-likeness (QED) is 0.686. The van der Waals surface area contributed by atoms with Gasteiger partial charge in [-0.2, -0.15) is 14.9 Å². The van der Waals surface area contributed by atoms with E-state index in [1.165, 1.54) is 21.9 Å². The molecule has 0 saturated carbocycles. The summed E-state index contributed by atoms with van der Waals surface area (Å²) in [6.45, 7) is 1.72. The van der Waals surface area contributed by atoms with Crippen molar-refractivity contribution in [2.24, 2.45) is 0 Å². The van der Waals surface area contributed by atoms with E-state index in [1.54, 1.807) is 6.92 Å². The number of halogens is 2. The van der Waals surface area contributed by atoms with Crippen molar-refractivity contribution in [1.82, 2.24) is 14.6 Å². The standard InChI is InChI=1S/C12H6F2N4S/c1-6-10(5-15)18-12(16-6)19-11(17-18)7-2-3-8(13)9(14)4-7/h2-4H,1H3. The van der Waals surface area contributed by atoms with Crippen LogP contribution in [0.15, 0.2) is 18.2 Å². The second-order valence-corrected chi connectivity index (χ2v) is 4.84. The lowest BCUT2D eigenvalue weighted by atomic mass is 10.2. The Hall–Kier alpha value is -2.33. The van der Waals surface area contributed by atoms with E-state index in [0.29, 0.717) is 26.9 Å². The van der Waals surface area contributed by atoms with Crippen LogP contribution in [-0.2, 0) is 0 Å². The highest BCUT2D eigenvalue weighted by molar-refractivity contribution is 7.19. The number of nitrogens with zero attached hydrogens (tertiary/aromatic N) is 4. The first-order valence-corrected chi connectivity index (χ1v) is 6.13. The predicted molar refractivity (Wildman–Crippen MR) is 65.7 cm³/mol. The lowest BCUT2D eigenvalue weighted by Gasteiger charge is -1.96. The maximum absolute atomic E-state index is 13.2. The number of fused-ring (bicyclic) bond motifs is 1. The van der Waals surface area contributed by atoms with Gasteiger partial charge in [-0.05, 0) is 25.1 Å². The van der Waals surface area contributed by atoms with E-state index in [4.69, 9.17) is 5.26 Å². The number of hydrogen-bond acceptors (Lipinski definition) is 4. The van der Waals surface area contributed by atoms with Crippen LogP contribution in [0, 0.1) is 29.9 Å². The second kappa shape index (κ2) is 4.10. The van der Waals surface area contributed by atoms with Gasteiger partial charge in [0.05, 0.1) is 5.69 Å². The molecular formula is C12H6F2N4S. The molecule has 2 aromatic heterocycles. The Balaban J connectivity index is 2.18. The van der Waals surface area contributed by atoms with Crippen molar-refractivity contribution in [2.75, 3.05) is 0 Å². The molecular weight excluding hydrogens is 270 g/mol. The minimum absolute atomic E-state index is 0.347. The predicted octanol–water partition coefficient (Wildman–Crippen LogP) is 2.92. The van der Waals surface area contributed by atoms with Crippen molar-refractivity contribution in [3.63, 3.8) is 0 Å². The van der Waals surface area contributed by atoms with Crippen LogP contribution in [0.1, 0.15) is 11.4 Å². The summed E-state index contributed by atoms with van der Waals surface area (Å²) in [7, 11) is 0. The Morgan fingerprint density at radius 1 is 1.32 bits per heavy atom. The Kier molecular flexibility index (Phi) is 2.54. The van der Waals surface area contributed by atoms with Gasteiger partial charge < -0.3 is 0 Å². The molecule has 0 aliphatic carbocycles. The number of aromatic nitrogens is 3. The molecule has 19 heavy (non-hydrogen) atoms. The monoisotopic (exact) mass is 276 g/mol. The summed E-state index contributed by atoms with van der Waals surface area (Å²) < 4.78 is 27.5. The van der Waals surface area contributed by atoms with Crippen LogP contribution in [0.25, 0.3) is 15.5 Å². The molecule has 2 heterocycles. The third kappa shape index (κ3) is 1.77. The molecule has 0 fully saturated rings. The average molecular weight is 276 g/mol. The van der Waals surface area contributed by atoms with Crippen LogP contribution in [0.4, 0.5) is 8.78 Å². The highest BCUT2D eigenvalue weighted by Gasteiger charge is 2.15. The van der Waals surface area contributed by atoms with E-state index < -0.39 is 11.6 Å². The highest BCUT2D eigenvalue weighted by atomic mass is 32.1. The molecule has 0 spiro atoms. The van der Waals surface area contributed by atoms with Crippen molar-refractivity contribution < 1.29 is 8.78 Å². The molecule has 0 bridgehead atoms. The van der Waals surface area contributed by atoms with E-state index >= 15 is 0 Å². The van der Waals surface area contributed by atoms with Gasteiger partial charge in [-0.25, -0.2) is 13.8 Å². The molecule has 0 aliphatic heterocycles. The van der Waals surface area contributed by atoms with Gasteiger partial charge in [-0.3, -0.25) is 0 Å². The first-order valence-electron chi connectivity index (χ1n) is 5.32. The SMILES string of the molecule is Cc1nc2sc(-c3ccc(F)c(F)c3)nn2c1C#N. The van der Waals surface area contributed by atoms with Gasteiger partial charge in [0.15, 0.2) is 17.3 Å². The summed E-state index contributed by atoms with van der Waals surface area (Å²) in [6.07, 6.45) is 0.